The first kappa shape index (κ1) is 15.5. The number of hydrogen-bond acceptors (Lipinski definition) is 4. The van der Waals surface area contributed by atoms with E-state index in [4.69, 9.17) is 15.2 Å². The van der Waals surface area contributed by atoms with Gasteiger partial charge in [0.1, 0.15) is 24.0 Å². The van der Waals surface area contributed by atoms with Gasteiger partial charge in [0.25, 0.3) is 0 Å². The second-order valence-electron chi connectivity index (χ2n) is 5.07. The molecular weight excluding hydrogens is 242 g/mol. The van der Waals surface area contributed by atoms with Crippen molar-refractivity contribution in [3.63, 3.8) is 0 Å². The van der Waals surface area contributed by atoms with Gasteiger partial charge in [0.2, 0.25) is 0 Å². The third-order valence-corrected chi connectivity index (χ3v) is 2.81. The first-order chi connectivity index (χ1) is 8.91. The Balaban J connectivity index is 2.69. The topological polar surface area (TPSA) is 61.5 Å². The van der Waals surface area contributed by atoms with Crippen molar-refractivity contribution in [3.05, 3.63) is 30.3 Å². The van der Waals surface area contributed by atoms with Crippen LogP contribution in [0.5, 0.6) is 5.75 Å². The van der Waals surface area contributed by atoms with Gasteiger partial charge in [0.15, 0.2) is 0 Å². The number of benzene rings is 1. The summed E-state index contributed by atoms with van der Waals surface area (Å²) in [7, 11) is 0. The Hall–Kier alpha value is -1.55. The highest BCUT2D eigenvalue weighted by atomic mass is 16.6. The lowest BCUT2D eigenvalue weighted by atomic mass is 10.0. The van der Waals surface area contributed by atoms with Crippen LogP contribution in [-0.4, -0.2) is 24.2 Å². The summed E-state index contributed by atoms with van der Waals surface area (Å²) in [5, 5.41) is 0. The molecule has 0 aliphatic carbocycles. The second-order valence-corrected chi connectivity index (χ2v) is 5.07. The molecule has 0 aliphatic rings. The van der Waals surface area contributed by atoms with Crippen LogP contribution in [0.4, 0.5) is 0 Å². The number of nitrogens with two attached hydrogens (primary N) is 1. The highest BCUT2D eigenvalue weighted by Gasteiger charge is 2.27. The van der Waals surface area contributed by atoms with Crippen molar-refractivity contribution in [1.82, 2.24) is 0 Å². The number of rotatable bonds is 6. The van der Waals surface area contributed by atoms with Crippen LogP contribution in [0.1, 0.15) is 27.7 Å². The van der Waals surface area contributed by atoms with Gasteiger partial charge in [-0.25, -0.2) is 0 Å². The van der Waals surface area contributed by atoms with Gasteiger partial charge in [-0.2, -0.15) is 0 Å². The quantitative estimate of drug-likeness (QED) is 0.802. The SMILES string of the molecule is CC(C)[C@@H](Oc1ccccc1)[C@H](C)OC(=O)[C@@H](C)N. The van der Waals surface area contributed by atoms with E-state index in [0.29, 0.717) is 0 Å². The maximum atomic E-state index is 11.5. The van der Waals surface area contributed by atoms with E-state index in [1.54, 1.807) is 6.92 Å². The largest absolute Gasteiger partial charge is 0.486 e. The molecule has 1 aromatic carbocycles. The molecule has 4 nitrogen and oxygen atoms in total. The number of carbonyl (C=O) groups is 1. The maximum absolute atomic E-state index is 11.5. The van der Waals surface area contributed by atoms with Crippen molar-refractivity contribution in [3.8, 4) is 5.75 Å². The maximum Gasteiger partial charge on any atom is 0.323 e. The molecule has 0 unspecified atom stereocenters. The van der Waals surface area contributed by atoms with E-state index >= 15 is 0 Å². The van der Waals surface area contributed by atoms with Gasteiger partial charge in [-0.1, -0.05) is 32.0 Å². The molecule has 106 valence electrons. The molecule has 0 bridgehead atoms. The summed E-state index contributed by atoms with van der Waals surface area (Å²) in [4.78, 5) is 11.5. The normalized spacial score (nSPS) is 15.7. The summed E-state index contributed by atoms with van der Waals surface area (Å²) in [6.45, 7) is 7.50. The van der Waals surface area contributed by atoms with Crippen LogP contribution in [0.2, 0.25) is 0 Å². The zero-order chi connectivity index (χ0) is 14.4. The average molecular weight is 265 g/mol. The molecular formula is C15H23NO3. The number of carbonyl (C=O) groups excluding carboxylic acids is 1. The van der Waals surface area contributed by atoms with Gasteiger partial charge in [-0.05, 0) is 31.9 Å². The first-order valence-electron chi connectivity index (χ1n) is 6.59. The third kappa shape index (κ3) is 4.91. The van der Waals surface area contributed by atoms with Crippen molar-refractivity contribution >= 4 is 5.97 Å². The van der Waals surface area contributed by atoms with Gasteiger partial charge >= 0.3 is 5.97 Å². The van der Waals surface area contributed by atoms with E-state index in [9.17, 15) is 4.79 Å². The number of ether oxygens (including phenoxy) is 2. The molecule has 0 saturated heterocycles. The lowest BCUT2D eigenvalue weighted by Crippen LogP contribution is -2.41. The molecule has 0 spiro atoms. The van der Waals surface area contributed by atoms with E-state index < -0.39 is 12.0 Å². The standard InChI is InChI=1S/C15H23NO3/c1-10(2)14(12(4)18-15(17)11(3)16)19-13-8-6-5-7-9-13/h5-12,14H,16H2,1-4H3/t11-,12+,14-/m1/s1. The van der Waals surface area contributed by atoms with Crippen molar-refractivity contribution < 1.29 is 14.3 Å². The van der Waals surface area contributed by atoms with Crippen LogP contribution >= 0.6 is 0 Å². The van der Waals surface area contributed by atoms with Gasteiger partial charge in [0.05, 0.1) is 0 Å². The molecule has 1 aromatic rings. The van der Waals surface area contributed by atoms with E-state index in [2.05, 4.69) is 0 Å². The van der Waals surface area contributed by atoms with Gasteiger partial charge in [-0.3, -0.25) is 4.79 Å². The van der Waals surface area contributed by atoms with E-state index in [1.165, 1.54) is 0 Å². The van der Waals surface area contributed by atoms with Gasteiger partial charge in [-0.15, -0.1) is 0 Å². The number of hydrogen-bond donors (Lipinski definition) is 1. The lowest BCUT2D eigenvalue weighted by Gasteiger charge is -2.28. The molecule has 0 saturated carbocycles. The van der Waals surface area contributed by atoms with Gasteiger partial charge in [0, 0.05) is 0 Å². The molecule has 0 amide bonds. The molecule has 0 heterocycles. The first-order valence-corrected chi connectivity index (χ1v) is 6.59. The summed E-state index contributed by atoms with van der Waals surface area (Å²) in [5.41, 5.74) is 5.50. The van der Waals surface area contributed by atoms with Crippen LogP contribution in [0, 0.1) is 5.92 Å². The Morgan fingerprint density at radius 3 is 2.16 bits per heavy atom. The zero-order valence-electron chi connectivity index (χ0n) is 12.0. The summed E-state index contributed by atoms with van der Waals surface area (Å²) < 4.78 is 11.2. The predicted octanol–water partition coefficient (Wildman–Crippen LogP) is 2.37. The number of para-hydroxylation sites is 1. The summed E-state index contributed by atoms with van der Waals surface area (Å²) in [6.07, 6.45) is -0.552. The van der Waals surface area contributed by atoms with Crippen molar-refractivity contribution in [2.75, 3.05) is 0 Å². The van der Waals surface area contributed by atoms with Crippen LogP contribution in [0.3, 0.4) is 0 Å². The van der Waals surface area contributed by atoms with Crippen LogP contribution in [-0.2, 0) is 9.53 Å². The molecule has 0 aliphatic heterocycles. The van der Waals surface area contributed by atoms with E-state index in [0.717, 1.165) is 5.75 Å². The molecule has 0 radical (unpaired) electrons. The molecule has 4 heteroatoms. The Morgan fingerprint density at radius 2 is 1.68 bits per heavy atom. The minimum atomic E-state index is -0.619. The monoisotopic (exact) mass is 265 g/mol. The van der Waals surface area contributed by atoms with Crippen molar-refractivity contribution in [2.24, 2.45) is 11.7 Å². The van der Waals surface area contributed by atoms with Gasteiger partial charge < -0.3 is 15.2 Å². The Bertz CT molecular complexity index is 390. The van der Waals surface area contributed by atoms with Crippen LogP contribution < -0.4 is 10.5 Å². The summed E-state index contributed by atoms with van der Waals surface area (Å²) in [6, 6.07) is 8.89. The van der Waals surface area contributed by atoms with E-state index in [1.807, 2.05) is 51.1 Å². The fourth-order valence-corrected chi connectivity index (χ4v) is 1.79. The molecule has 0 aromatic heterocycles. The Kier molecular flexibility index (Phi) is 5.83. The minimum Gasteiger partial charge on any atom is -0.486 e. The molecule has 2 N–H and O–H groups in total. The molecule has 3 atom stereocenters. The van der Waals surface area contributed by atoms with Crippen molar-refractivity contribution in [2.45, 2.75) is 45.9 Å². The fourth-order valence-electron chi connectivity index (χ4n) is 1.79. The Morgan fingerprint density at radius 1 is 1.11 bits per heavy atom. The Labute approximate surface area is 114 Å². The van der Waals surface area contributed by atoms with Crippen LogP contribution in [0.15, 0.2) is 30.3 Å². The molecule has 0 fully saturated rings. The van der Waals surface area contributed by atoms with E-state index in [-0.39, 0.29) is 18.1 Å². The van der Waals surface area contributed by atoms with Crippen molar-refractivity contribution in [1.29, 1.82) is 0 Å². The average Bonchev–Trinajstić information content (AvgIpc) is 2.36. The minimum absolute atomic E-state index is 0.204. The molecule has 1 rings (SSSR count). The fraction of sp³-hybridized carbons (Fsp3) is 0.533. The summed E-state index contributed by atoms with van der Waals surface area (Å²) >= 11 is 0. The predicted molar refractivity (Wildman–Crippen MR) is 74.9 cm³/mol. The molecule has 19 heavy (non-hydrogen) atoms. The number of esters is 1. The van der Waals surface area contributed by atoms with Crippen LogP contribution in [0.25, 0.3) is 0 Å². The smallest absolute Gasteiger partial charge is 0.323 e. The summed E-state index contributed by atoms with van der Waals surface area (Å²) in [5.74, 6) is 0.579. The zero-order valence-corrected chi connectivity index (χ0v) is 12.0. The highest BCUT2D eigenvalue weighted by Crippen LogP contribution is 2.19. The lowest BCUT2D eigenvalue weighted by molar-refractivity contribution is -0.155. The third-order valence-electron chi connectivity index (χ3n) is 2.81. The highest BCUT2D eigenvalue weighted by molar-refractivity contribution is 5.75. The second kappa shape index (κ2) is 7.14.